The van der Waals surface area contributed by atoms with E-state index in [9.17, 15) is 0 Å². The summed E-state index contributed by atoms with van der Waals surface area (Å²) in [4.78, 5) is 5.13. The largest absolute Gasteiger partial charge is 0.376 e. The van der Waals surface area contributed by atoms with E-state index in [-0.39, 0.29) is 0 Å². The molecule has 1 unspecified atom stereocenters. The van der Waals surface area contributed by atoms with Crippen LogP contribution in [0.15, 0.2) is 54.3 Å². The molecule has 1 saturated heterocycles. The minimum atomic E-state index is 0.457. The second-order valence-electron chi connectivity index (χ2n) is 8.50. The van der Waals surface area contributed by atoms with Crippen molar-refractivity contribution in [3.63, 3.8) is 0 Å². The molecular formula is C26H42N2. The number of allylic oxidation sites excluding steroid dienone is 2. The molecule has 1 aromatic rings. The van der Waals surface area contributed by atoms with Crippen molar-refractivity contribution >= 4 is 0 Å². The standard InChI is InChI=1S/C26H42N2/c1-6-11-26(23(4)22(3)7-2)27(5)20-21-28-18-16-25(17-19-28)15-14-24-12-9-8-10-13-24/h8-13,23,25H,3,6-7,14-21H2,1-2,4-5H3. The summed E-state index contributed by atoms with van der Waals surface area (Å²) >= 11 is 0. The van der Waals surface area contributed by atoms with Gasteiger partial charge in [0.25, 0.3) is 0 Å². The van der Waals surface area contributed by atoms with Gasteiger partial charge in [-0.1, -0.05) is 69.3 Å². The molecule has 2 heteroatoms. The smallest absolute Gasteiger partial charge is 0.0299 e. The van der Waals surface area contributed by atoms with Crippen LogP contribution in [0.1, 0.15) is 58.4 Å². The molecule has 28 heavy (non-hydrogen) atoms. The maximum absolute atomic E-state index is 4.28. The first kappa shape index (κ1) is 22.7. The quantitative estimate of drug-likeness (QED) is 0.423. The van der Waals surface area contributed by atoms with Gasteiger partial charge in [0.1, 0.15) is 0 Å². The van der Waals surface area contributed by atoms with Gasteiger partial charge in [0.05, 0.1) is 0 Å². The lowest BCUT2D eigenvalue weighted by Crippen LogP contribution is -2.39. The molecular weight excluding hydrogens is 340 g/mol. The fourth-order valence-corrected chi connectivity index (χ4v) is 4.32. The van der Waals surface area contributed by atoms with Crippen LogP contribution in [0.3, 0.4) is 0 Å². The molecule has 0 aromatic heterocycles. The highest BCUT2D eigenvalue weighted by Gasteiger charge is 2.20. The van der Waals surface area contributed by atoms with Crippen LogP contribution >= 0.6 is 0 Å². The van der Waals surface area contributed by atoms with Crippen molar-refractivity contribution in [2.24, 2.45) is 11.8 Å². The molecule has 1 heterocycles. The number of hydrogen-bond donors (Lipinski definition) is 0. The van der Waals surface area contributed by atoms with Gasteiger partial charge in [-0.05, 0) is 63.1 Å². The summed E-state index contributed by atoms with van der Waals surface area (Å²) in [6.07, 6.45) is 9.84. The topological polar surface area (TPSA) is 6.48 Å². The molecule has 0 saturated carbocycles. The molecule has 1 atom stereocenters. The second-order valence-corrected chi connectivity index (χ2v) is 8.50. The van der Waals surface area contributed by atoms with Crippen molar-refractivity contribution in [1.82, 2.24) is 9.80 Å². The van der Waals surface area contributed by atoms with Crippen LogP contribution in [-0.4, -0.2) is 43.0 Å². The van der Waals surface area contributed by atoms with Crippen LogP contribution in [0.4, 0.5) is 0 Å². The number of likely N-dealkylation sites (N-methyl/N-ethyl adjacent to an activating group) is 1. The van der Waals surface area contributed by atoms with Crippen LogP contribution < -0.4 is 0 Å². The van der Waals surface area contributed by atoms with E-state index in [2.05, 4.69) is 80.6 Å². The zero-order valence-corrected chi connectivity index (χ0v) is 18.8. The van der Waals surface area contributed by atoms with E-state index in [0.29, 0.717) is 5.92 Å². The van der Waals surface area contributed by atoms with Crippen LogP contribution in [0.2, 0.25) is 0 Å². The molecule has 0 N–H and O–H groups in total. The third-order valence-corrected chi connectivity index (χ3v) is 6.51. The van der Waals surface area contributed by atoms with E-state index in [1.54, 1.807) is 0 Å². The Labute approximate surface area is 174 Å². The number of nitrogens with zero attached hydrogens (tertiary/aromatic N) is 2. The summed E-state index contributed by atoms with van der Waals surface area (Å²) < 4.78 is 0. The lowest BCUT2D eigenvalue weighted by molar-refractivity contribution is 0.166. The Morgan fingerprint density at radius 3 is 2.50 bits per heavy atom. The van der Waals surface area contributed by atoms with Crippen molar-refractivity contribution < 1.29 is 0 Å². The molecule has 1 aliphatic rings. The van der Waals surface area contributed by atoms with Crippen molar-refractivity contribution in [3.05, 3.63) is 59.8 Å². The van der Waals surface area contributed by atoms with Crippen LogP contribution in [-0.2, 0) is 6.42 Å². The molecule has 156 valence electrons. The van der Waals surface area contributed by atoms with Gasteiger partial charge in [-0.25, -0.2) is 0 Å². The highest BCUT2D eigenvalue weighted by molar-refractivity contribution is 5.17. The van der Waals surface area contributed by atoms with Crippen molar-refractivity contribution in [1.29, 1.82) is 0 Å². The minimum absolute atomic E-state index is 0.457. The highest BCUT2D eigenvalue weighted by Crippen LogP contribution is 2.25. The third kappa shape index (κ3) is 7.13. The second kappa shape index (κ2) is 12.1. The van der Waals surface area contributed by atoms with Crippen LogP contribution in [0.5, 0.6) is 0 Å². The maximum Gasteiger partial charge on any atom is 0.0299 e. The molecule has 0 amide bonds. The number of hydrogen-bond acceptors (Lipinski definition) is 2. The van der Waals surface area contributed by atoms with Crippen LogP contribution in [0, 0.1) is 11.8 Å². The van der Waals surface area contributed by atoms with Gasteiger partial charge in [0.15, 0.2) is 0 Å². The minimum Gasteiger partial charge on any atom is -0.376 e. The number of rotatable bonds is 11. The number of aryl methyl sites for hydroxylation is 1. The highest BCUT2D eigenvalue weighted by atomic mass is 15.2. The molecule has 1 aromatic carbocycles. The number of likely N-dealkylation sites (tertiary alicyclic amines) is 1. The average Bonchev–Trinajstić information content (AvgIpc) is 2.74. The van der Waals surface area contributed by atoms with Crippen LogP contribution in [0.25, 0.3) is 0 Å². The van der Waals surface area contributed by atoms with E-state index in [1.807, 2.05) is 0 Å². The molecule has 2 rings (SSSR count). The lowest BCUT2D eigenvalue weighted by Gasteiger charge is -2.35. The van der Waals surface area contributed by atoms with Gasteiger partial charge < -0.3 is 9.80 Å². The number of piperidine rings is 1. The fraction of sp³-hybridized carbons (Fsp3) is 0.615. The lowest BCUT2D eigenvalue weighted by atomic mass is 9.90. The van der Waals surface area contributed by atoms with Gasteiger partial charge >= 0.3 is 0 Å². The Morgan fingerprint density at radius 1 is 1.21 bits per heavy atom. The monoisotopic (exact) mass is 382 g/mol. The van der Waals surface area contributed by atoms with E-state index in [4.69, 9.17) is 0 Å². The summed E-state index contributed by atoms with van der Waals surface area (Å²) in [5.74, 6) is 1.36. The van der Waals surface area contributed by atoms with Gasteiger partial charge in [0, 0.05) is 31.8 Å². The third-order valence-electron chi connectivity index (χ3n) is 6.51. The summed E-state index contributed by atoms with van der Waals surface area (Å²) in [5.41, 5.74) is 4.28. The zero-order chi connectivity index (χ0) is 20.4. The average molecular weight is 383 g/mol. The predicted molar refractivity (Wildman–Crippen MR) is 124 cm³/mol. The van der Waals surface area contributed by atoms with Gasteiger partial charge in [-0.2, -0.15) is 0 Å². The van der Waals surface area contributed by atoms with Gasteiger partial charge in [-0.3, -0.25) is 0 Å². The van der Waals surface area contributed by atoms with Gasteiger partial charge in [0.2, 0.25) is 0 Å². The van der Waals surface area contributed by atoms with Crippen molar-refractivity contribution in [2.45, 2.75) is 59.3 Å². The first-order chi connectivity index (χ1) is 13.5. The molecule has 0 spiro atoms. The first-order valence-electron chi connectivity index (χ1n) is 11.4. The van der Waals surface area contributed by atoms with E-state index >= 15 is 0 Å². The molecule has 0 bridgehead atoms. The maximum atomic E-state index is 4.28. The molecule has 0 aliphatic carbocycles. The van der Waals surface area contributed by atoms with Gasteiger partial charge in [-0.15, -0.1) is 0 Å². The van der Waals surface area contributed by atoms with E-state index in [0.717, 1.165) is 25.3 Å². The van der Waals surface area contributed by atoms with E-state index < -0.39 is 0 Å². The Balaban J connectivity index is 1.73. The summed E-state index contributed by atoms with van der Waals surface area (Å²) in [6, 6.07) is 11.0. The Morgan fingerprint density at radius 2 is 1.89 bits per heavy atom. The molecule has 0 radical (unpaired) electrons. The molecule has 1 fully saturated rings. The summed E-state index contributed by atoms with van der Waals surface area (Å²) in [6.45, 7) is 15.8. The molecule has 1 aliphatic heterocycles. The fourth-order valence-electron chi connectivity index (χ4n) is 4.32. The Bertz CT molecular complexity index is 596. The Kier molecular flexibility index (Phi) is 9.84. The van der Waals surface area contributed by atoms with Crippen molar-refractivity contribution in [2.75, 3.05) is 33.2 Å². The molecule has 2 nitrogen and oxygen atoms in total. The van der Waals surface area contributed by atoms with Crippen molar-refractivity contribution in [3.8, 4) is 0 Å². The summed E-state index contributed by atoms with van der Waals surface area (Å²) in [7, 11) is 2.26. The van der Waals surface area contributed by atoms with E-state index in [1.165, 1.54) is 62.2 Å². The first-order valence-corrected chi connectivity index (χ1v) is 11.4. The predicted octanol–water partition coefficient (Wildman–Crippen LogP) is 6.16. The normalized spacial score (nSPS) is 17.5. The zero-order valence-electron chi connectivity index (χ0n) is 18.8. The number of benzene rings is 1. The summed E-state index contributed by atoms with van der Waals surface area (Å²) in [5, 5.41) is 0. The SMILES string of the molecule is C=C(CC)C(C)C(=CCC)N(C)CCN1CCC(CCc2ccccc2)CC1. The Hall–Kier alpha value is -1.54.